The van der Waals surface area contributed by atoms with E-state index in [0.717, 1.165) is 17.5 Å². The number of likely N-dealkylation sites (tertiary alicyclic amines) is 1. The highest BCUT2D eigenvalue weighted by molar-refractivity contribution is 6.00. The Kier molecular flexibility index (Phi) is 7.53. The van der Waals surface area contributed by atoms with Crippen molar-refractivity contribution in [3.05, 3.63) is 71.8 Å². The topological polar surface area (TPSA) is 77.1 Å². The van der Waals surface area contributed by atoms with Crippen LogP contribution in [0.5, 0.6) is 11.5 Å². The number of hydrogen-bond acceptors (Lipinski definition) is 5. The molecule has 0 saturated carbocycles. The Morgan fingerprint density at radius 2 is 1.67 bits per heavy atom. The number of benzene rings is 3. The van der Waals surface area contributed by atoms with Crippen molar-refractivity contribution in [1.82, 2.24) is 10.2 Å². The summed E-state index contributed by atoms with van der Waals surface area (Å²) in [5, 5.41) is 4.39. The van der Waals surface area contributed by atoms with E-state index in [4.69, 9.17) is 14.2 Å². The quantitative estimate of drug-likeness (QED) is 0.388. The van der Waals surface area contributed by atoms with Gasteiger partial charge in [0.05, 0.1) is 24.7 Å². The van der Waals surface area contributed by atoms with Gasteiger partial charge in [0, 0.05) is 18.1 Å². The summed E-state index contributed by atoms with van der Waals surface area (Å²) in [5.74, 6) is 0.394. The molecular weight excluding hydrogens is 513 g/mol. The van der Waals surface area contributed by atoms with Crippen LogP contribution in [0.4, 0.5) is 18.0 Å². The highest BCUT2D eigenvalue weighted by Gasteiger charge is 2.51. The van der Waals surface area contributed by atoms with Crippen molar-refractivity contribution in [1.29, 1.82) is 0 Å². The molecule has 0 aromatic heterocycles. The summed E-state index contributed by atoms with van der Waals surface area (Å²) in [4.78, 5) is 27.0. The third-order valence-electron chi connectivity index (χ3n) is 6.62. The summed E-state index contributed by atoms with van der Waals surface area (Å²) in [6.07, 6.45) is -4.86. The summed E-state index contributed by atoms with van der Waals surface area (Å²) in [7, 11) is 1.54. The van der Waals surface area contributed by atoms with Gasteiger partial charge in [-0.3, -0.25) is 4.79 Å². The van der Waals surface area contributed by atoms with Crippen molar-refractivity contribution >= 4 is 22.8 Å². The van der Waals surface area contributed by atoms with Crippen LogP contribution in [0.1, 0.15) is 43.6 Å². The van der Waals surface area contributed by atoms with Crippen LogP contribution in [-0.2, 0) is 15.7 Å². The average molecular weight is 545 g/mol. The van der Waals surface area contributed by atoms with Gasteiger partial charge < -0.3 is 24.4 Å². The Morgan fingerprint density at radius 3 is 2.26 bits per heavy atom. The molecule has 2 amide bonds. The first-order valence-corrected chi connectivity index (χ1v) is 12.4. The number of methoxy groups -OCH3 is 1. The fourth-order valence-electron chi connectivity index (χ4n) is 4.37. The molecule has 1 heterocycles. The SMILES string of the molecule is COC1(C(C)NC(=O)c2ccc3c(Oc4ccc(C(F)(F)F)cc4)cccc3c2)CN(C(=O)OC(C)(C)C)C1. The number of nitrogens with zero attached hydrogens (tertiary/aromatic N) is 1. The number of rotatable bonds is 6. The molecular formula is C29H31F3N2O5. The van der Waals surface area contributed by atoms with E-state index in [1.807, 2.05) is 13.0 Å². The Bertz CT molecular complexity index is 1360. The number of alkyl halides is 3. The smallest absolute Gasteiger partial charge is 0.416 e. The van der Waals surface area contributed by atoms with Gasteiger partial charge in [-0.05, 0) is 81.6 Å². The third-order valence-corrected chi connectivity index (χ3v) is 6.62. The highest BCUT2D eigenvalue weighted by atomic mass is 19.4. The molecule has 3 aromatic carbocycles. The Labute approximate surface area is 224 Å². The predicted molar refractivity (Wildman–Crippen MR) is 140 cm³/mol. The summed E-state index contributed by atoms with van der Waals surface area (Å²) < 4.78 is 55.5. The van der Waals surface area contributed by atoms with Gasteiger partial charge in [-0.25, -0.2) is 4.79 Å². The van der Waals surface area contributed by atoms with Crippen molar-refractivity contribution in [3.63, 3.8) is 0 Å². The molecule has 0 bridgehead atoms. The number of fused-ring (bicyclic) bond motifs is 1. The Balaban J connectivity index is 1.44. The molecule has 1 atom stereocenters. The molecule has 39 heavy (non-hydrogen) atoms. The maximum Gasteiger partial charge on any atom is 0.416 e. The van der Waals surface area contributed by atoms with Gasteiger partial charge in [-0.1, -0.05) is 12.1 Å². The van der Waals surface area contributed by atoms with Crippen molar-refractivity contribution in [2.75, 3.05) is 20.2 Å². The van der Waals surface area contributed by atoms with Gasteiger partial charge >= 0.3 is 12.3 Å². The number of carbonyl (C=O) groups is 2. The van der Waals surface area contributed by atoms with Crippen LogP contribution in [0, 0.1) is 0 Å². The fourth-order valence-corrected chi connectivity index (χ4v) is 4.37. The molecule has 0 radical (unpaired) electrons. The number of halogens is 3. The van der Waals surface area contributed by atoms with E-state index in [1.54, 1.807) is 58.2 Å². The molecule has 3 aromatic rings. The monoisotopic (exact) mass is 544 g/mol. The van der Waals surface area contributed by atoms with E-state index >= 15 is 0 Å². The van der Waals surface area contributed by atoms with Crippen LogP contribution in [0.25, 0.3) is 10.8 Å². The van der Waals surface area contributed by atoms with Crippen LogP contribution in [-0.4, -0.2) is 54.3 Å². The molecule has 208 valence electrons. The van der Waals surface area contributed by atoms with Crippen molar-refractivity contribution in [3.8, 4) is 11.5 Å². The zero-order valence-electron chi connectivity index (χ0n) is 22.4. The van der Waals surface area contributed by atoms with Crippen molar-refractivity contribution < 1.29 is 37.0 Å². The van der Waals surface area contributed by atoms with Gasteiger partial charge in [0.1, 0.15) is 22.7 Å². The van der Waals surface area contributed by atoms with Gasteiger partial charge in [-0.2, -0.15) is 13.2 Å². The van der Waals surface area contributed by atoms with Gasteiger partial charge in [0.2, 0.25) is 0 Å². The van der Waals surface area contributed by atoms with Crippen LogP contribution in [0.15, 0.2) is 60.7 Å². The number of hydrogen-bond donors (Lipinski definition) is 1. The normalized spacial score (nSPS) is 15.8. The van der Waals surface area contributed by atoms with E-state index in [-0.39, 0.29) is 24.7 Å². The summed E-state index contributed by atoms with van der Waals surface area (Å²) in [5.41, 5.74) is -1.70. The number of nitrogens with one attached hydrogen (secondary N) is 1. The standard InChI is InChI=1S/C29H31F3N2O5/c1-18(28(37-5)16-34(17-28)26(36)39-27(2,3)4)33-25(35)20-9-14-23-19(15-20)7-6-8-24(23)38-22-12-10-21(11-13-22)29(30,31)32/h6-15,18H,16-17H2,1-5H3,(H,33,35). The average Bonchev–Trinajstić information content (AvgIpc) is 2.82. The minimum Gasteiger partial charge on any atom is -0.457 e. The Hall–Kier alpha value is -3.79. The van der Waals surface area contributed by atoms with E-state index in [0.29, 0.717) is 16.7 Å². The largest absolute Gasteiger partial charge is 0.457 e. The summed E-state index contributed by atoms with van der Waals surface area (Å²) in [6, 6.07) is 14.4. The second kappa shape index (κ2) is 10.4. The molecule has 0 spiro atoms. The lowest BCUT2D eigenvalue weighted by Gasteiger charge is -2.51. The van der Waals surface area contributed by atoms with Crippen LogP contribution < -0.4 is 10.1 Å². The molecule has 10 heteroatoms. The fraction of sp³-hybridized carbons (Fsp3) is 0.379. The van der Waals surface area contributed by atoms with E-state index in [9.17, 15) is 22.8 Å². The second-order valence-corrected chi connectivity index (χ2v) is 10.6. The van der Waals surface area contributed by atoms with Crippen molar-refractivity contribution in [2.24, 2.45) is 0 Å². The lowest BCUT2D eigenvalue weighted by Crippen LogP contribution is -2.72. The van der Waals surface area contributed by atoms with Gasteiger partial charge in [-0.15, -0.1) is 0 Å². The first kappa shape index (κ1) is 28.2. The maximum atomic E-state index is 13.1. The summed E-state index contributed by atoms with van der Waals surface area (Å²) >= 11 is 0. The highest BCUT2D eigenvalue weighted by Crippen LogP contribution is 2.34. The second-order valence-electron chi connectivity index (χ2n) is 10.6. The molecule has 1 N–H and O–H groups in total. The number of carbonyl (C=O) groups excluding carboxylic acids is 2. The lowest BCUT2D eigenvalue weighted by molar-refractivity contribution is -0.137. The van der Waals surface area contributed by atoms with Gasteiger partial charge in [0.15, 0.2) is 0 Å². The minimum atomic E-state index is -4.43. The molecule has 1 unspecified atom stereocenters. The summed E-state index contributed by atoms with van der Waals surface area (Å²) in [6.45, 7) is 7.77. The van der Waals surface area contributed by atoms with Crippen LogP contribution in [0.3, 0.4) is 0 Å². The molecule has 1 saturated heterocycles. The number of amides is 2. The van der Waals surface area contributed by atoms with E-state index in [2.05, 4.69) is 5.32 Å². The first-order chi connectivity index (χ1) is 18.2. The zero-order chi connectivity index (χ0) is 28.6. The Morgan fingerprint density at radius 1 is 1.00 bits per heavy atom. The maximum absolute atomic E-state index is 13.1. The first-order valence-electron chi connectivity index (χ1n) is 12.4. The zero-order valence-corrected chi connectivity index (χ0v) is 22.4. The molecule has 1 fully saturated rings. The third kappa shape index (κ3) is 6.27. The predicted octanol–water partition coefficient (Wildman–Crippen LogP) is 6.41. The van der Waals surface area contributed by atoms with E-state index in [1.165, 1.54) is 17.0 Å². The van der Waals surface area contributed by atoms with Crippen LogP contribution in [0.2, 0.25) is 0 Å². The molecule has 4 rings (SSSR count). The minimum absolute atomic E-state index is 0.261. The van der Waals surface area contributed by atoms with Crippen LogP contribution >= 0.6 is 0 Å². The van der Waals surface area contributed by atoms with E-state index < -0.39 is 35.1 Å². The lowest BCUT2D eigenvalue weighted by atomic mass is 9.86. The molecule has 1 aliphatic heterocycles. The number of ether oxygens (including phenoxy) is 3. The van der Waals surface area contributed by atoms with Gasteiger partial charge in [0.25, 0.3) is 5.91 Å². The molecule has 7 nitrogen and oxygen atoms in total. The molecule has 1 aliphatic rings. The molecule has 0 aliphatic carbocycles. The van der Waals surface area contributed by atoms with Crippen molar-refractivity contribution in [2.45, 2.75) is 51.1 Å².